The number of hydrogen-bond acceptors (Lipinski definition) is 16. The van der Waals surface area contributed by atoms with Gasteiger partial charge >= 0.3 is 5.97 Å². The predicted octanol–water partition coefficient (Wildman–Crippen LogP) is 7.88. The van der Waals surface area contributed by atoms with E-state index >= 15 is 0 Å². The average Bonchev–Trinajstić information content (AvgIpc) is 3.54. The van der Waals surface area contributed by atoms with Crippen molar-refractivity contribution in [2.75, 3.05) is 113 Å². The number of quaternary nitrogens is 1. The van der Waals surface area contributed by atoms with Crippen LogP contribution in [0.1, 0.15) is 158 Å². The molecule has 0 spiro atoms. The average molecular weight is 1210 g/mol. The lowest BCUT2D eigenvalue weighted by Gasteiger charge is -2.18. The maximum atomic E-state index is 13.2. The number of carbonyl (C=O) groups is 5. The van der Waals surface area contributed by atoms with Crippen molar-refractivity contribution in [1.29, 1.82) is 0 Å². The van der Waals surface area contributed by atoms with Crippen molar-refractivity contribution in [3.05, 3.63) is 95.3 Å². The van der Waals surface area contributed by atoms with Crippen LogP contribution in [0.5, 0.6) is 23.0 Å². The maximum absolute atomic E-state index is 13.2. The summed E-state index contributed by atoms with van der Waals surface area (Å²) in [6, 6.07) is 21.6. The van der Waals surface area contributed by atoms with Gasteiger partial charge < -0.3 is 58.7 Å². The van der Waals surface area contributed by atoms with Gasteiger partial charge in [0.1, 0.15) is 33.0 Å². The Morgan fingerprint density at radius 1 is 0.621 bits per heavy atom. The van der Waals surface area contributed by atoms with Gasteiger partial charge in [-0.15, -0.1) is 5.06 Å². The largest absolute Gasteiger partial charge is 0.487 e. The lowest BCUT2D eigenvalue weighted by Crippen LogP contribution is -2.82. The highest BCUT2D eigenvalue weighted by Gasteiger charge is 2.42. The van der Waals surface area contributed by atoms with E-state index in [1.165, 1.54) is 11.1 Å². The molecular formula is C66H99N7O14+. The molecule has 481 valence electrons. The molecule has 3 heterocycles. The van der Waals surface area contributed by atoms with Gasteiger partial charge in [-0.2, -0.15) is 0 Å². The Bertz CT molecular complexity index is 2540. The summed E-state index contributed by atoms with van der Waals surface area (Å²) in [7, 11) is 1.96. The Balaban J connectivity index is 0.744. The van der Waals surface area contributed by atoms with Crippen LogP contribution in [-0.4, -0.2) is 157 Å². The van der Waals surface area contributed by atoms with Crippen molar-refractivity contribution in [2.45, 2.75) is 148 Å². The molecule has 1 saturated heterocycles. The molecule has 87 heavy (non-hydrogen) atoms. The summed E-state index contributed by atoms with van der Waals surface area (Å²) in [6.07, 6.45) is 16.4. The van der Waals surface area contributed by atoms with E-state index in [2.05, 4.69) is 72.7 Å². The first-order valence-electron chi connectivity index (χ1n) is 31.9. The zero-order valence-electron chi connectivity index (χ0n) is 52.3. The van der Waals surface area contributed by atoms with E-state index in [1.807, 2.05) is 41.3 Å². The molecule has 1 unspecified atom stereocenters. The van der Waals surface area contributed by atoms with Crippen molar-refractivity contribution < 1.29 is 72.0 Å². The number of amides is 4. The minimum absolute atomic E-state index is 0.0700. The van der Waals surface area contributed by atoms with Crippen LogP contribution >= 0.6 is 0 Å². The van der Waals surface area contributed by atoms with Crippen molar-refractivity contribution in [3.8, 4) is 23.0 Å². The van der Waals surface area contributed by atoms with Crippen molar-refractivity contribution in [2.24, 2.45) is 5.92 Å². The molecule has 0 saturated carbocycles. The number of imide groups is 1. The normalized spacial score (nSPS) is 16.9. The molecule has 3 aromatic carbocycles. The van der Waals surface area contributed by atoms with E-state index in [1.54, 1.807) is 18.2 Å². The molecule has 0 aromatic heterocycles. The van der Waals surface area contributed by atoms with Crippen LogP contribution in [0.3, 0.4) is 0 Å². The minimum atomic E-state index is -0.835. The number of nitrogens with one attached hydrogen (secondary N) is 2. The van der Waals surface area contributed by atoms with Gasteiger partial charge in [-0.1, -0.05) is 102 Å². The molecule has 1 fully saturated rings. The second kappa shape index (κ2) is 40.1. The Morgan fingerprint density at radius 2 is 1.16 bits per heavy atom. The summed E-state index contributed by atoms with van der Waals surface area (Å²) in [5, 5.41) is 12.7. The number of hydrogen-bond donors (Lipinski definition) is 3. The third-order valence-electron chi connectivity index (χ3n) is 15.0. The smallest absolute Gasteiger partial charge is 0.333 e. The topological polar surface area (TPSA) is 233 Å². The number of nitrogens with zero attached hydrogens (tertiary/aromatic N) is 4. The lowest BCUT2D eigenvalue weighted by molar-refractivity contribution is -0.671. The molecule has 4 N–H and O–H groups in total. The third-order valence-corrected chi connectivity index (χ3v) is 15.0. The van der Waals surface area contributed by atoms with E-state index in [0.717, 1.165) is 109 Å². The van der Waals surface area contributed by atoms with E-state index in [4.69, 9.17) is 42.7 Å². The molecule has 3 aromatic rings. The summed E-state index contributed by atoms with van der Waals surface area (Å²) in [5.74, 6) is -0.924. The molecule has 1 radical (unpaired) electrons. The van der Waals surface area contributed by atoms with E-state index in [0.29, 0.717) is 126 Å². The number of hydroxylamine groups is 2. The van der Waals surface area contributed by atoms with Crippen molar-refractivity contribution in [1.82, 2.24) is 31.2 Å². The highest BCUT2D eigenvalue weighted by atomic mass is 16.7. The van der Waals surface area contributed by atoms with Gasteiger partial charge in [0.2, 0.25) is 5.91 Å². The SMILES string of the molecule is CN1[N]N(CCCCCC(=O)ON2C(=O)CC(CC(=O)NCCCCCC[NH2+]Cc3ccc(C(C)(C)C)cc3)C2=O)C=C1CCCCCCCCCNC(=O)c1ccc2c(c1)OCCOCCOCCOc1ccccc1OCCOCCOCCO2. The fourth-order valence-corrected chi connectivity index (χ4v) is 10.0. The number of benzene rings is 3. The number of carbonyl (C=O) groups excluding carboxylic acids is 5. The summed E-state index contributed by atoms with van der Waals surface area (Å²) >= 11 is 0. The first kappa shape index (κ1) is 69.6. The predicted molar refractivity (Wildman–Crippen MR) is 328 cm³/mol. The van der Waals surface area contributed by atoms with Gasteiger partial charge in [-0.05, 0) is 98.2 Å². The molecule has 21 heteroatoms. The van der Waals surface area contributed by atoms with Crippen LogP contribution in [0.4, 0.5) is 0 Å². The molecule has 1 atom stereocenters. The summed E-state index contributed by atoms with van der Waals surface area (Å²) in [5.41, 5.74) is 9.10. The van der Waals surface area contributed by atoms with Crippen LogP contribution in [0, 0.1) is 5.92 Å². The van der Waals surface area contributed by atoms with E-state index in [-0.39, 0.29) is 49.7 Å². The van der Waals surface area contributed by atoms with Crippen LogP contribution in [0.2, 0.25) is 0 Å². The molecule has 0 bridgehead atoms. The Hall–Kier alpha value is -6.49. The molecule has 3 aliphatic rings. The number of rotatable bonds is 29. The molecule has 4 amide bonds. The number of fused-ring (bicyclic) bond motifs is 2. The van der Waals surface area contributed by atoms with Crippen molar-refractivity contribution >= 4 is 29.6 Å². The van der Waals surface area contributed by atoms with Crippen LogP contribution in [-0.2, 0) is 54.9 Å². The fraction of sp³-hybridized carbons (Fsp3) is 0.621. The van der Waals surface area contributed by atoms with Gasteiger partial charge in [0.15, 0.2) is 23.0 Å². The number of nitrogens with two attached hydrogens (primary N) is 1. The van der Waals surface area contributed by atoms with E-state index < -0.39 is 23.7 Å². The summed E-state index contributed by atoms with van der Waals surface area (Å²) in [4.78, 5) is 69.2. The van der Waals surface area contributed by atoms with Crippen LogP contribution in [0.15, 0.2) is 78.6 Å². The standard InChI is InChI=1S/C66H98N7O14/c1-66(2,3)55-28-25-52(26-29-55)50-67-31-17-10-11-18-32-68-61(74)48-54-49-62(75)73(65(54)78)87-63(76)24-14-12-20-34-72-51-56(71(4)70-72)21-13-8-6-5-7-9-19-33-69-64(77)53-27-30-59-60(47-53)86-46-42-82-38-37-80-40-44-84-58-23-16-15-22-57(58)83-43-39-79-35-36-81-41-45-85-59/h15-16,22-23,25-30,47,51,54,67H,5-14,17-21,24,31-46,48-50H2,1-4H3,(H,68,74)(H,69,77)/p+1. The summed E-state index contributed by atoms with van der Waals surface area (Å²) in [6.45, 7) is 14.8. The minimum Gasteiger partial charge on any atom is -0.487 e. The van der Waals surface area contributed by atoms with E-state index in [9.17, 15) is 24.0 Å². The first-order chi connectivity index (χ1) is 42.3. The zero-order chi connectivity index (χ0) is 61.7. The third kappa shape index (κ3) is 27.2. The maximum Gasteiger partial charge on any atom is 0.333 e. The highest BCUT2D eigenvalue weighted by molar-refractivity contribution is 6.04. The molecule has 3 aliphatic heterocycles. The van der Waals surface area contributed by atoms with Gasteiger partial charge in [-0.3, -0.25) is 29.2 Å². The second-order valence-electron chi connectivity index (χ2n) is 23.2. The molecule has 21 nitrogen and oxygen atoms in total. The van der Waals surface area contributed by atoms with Gasteiger partial charge in [0.25, 0.3) is 17.7 Å². The Kier molecular flexibility index (Phi) is 32.1. The monoisotopic (exact) mass is 1210 g/mol. The number of para-hydroxylation sites is 2. The Labute approximate surface area is 516 Å². The van der Waals surface area contributed by atoms with Crippen LogP contribution < -0.4 is 40.4 Å². The van der Waals surface area contributed by atoms with Gasteiger partial charge in [0.05, 0.1) is 71.0 Å². The molecular weight excluding hydrogens is 1110 g/mol. The lowest BCUT2D eigenvalue weighted by atomic mass is 9.87. The number of ether oxygens (including phenoxy) is 8. The molecule has 6 rings (SSSR count). The second-order valence-corrected chi connectivity index (χ2v) is 23.2. The van der Waals surface area contributed by atoms with Gasteiger partial charge in [0, 0.05) is 63.3 Å². The number of unbranched alkanes of at least 4 members (excludes halogenated alkanes) is 11. The first-order valence-corrected chi connectivity index (χ1v) is 31.9. The zero-order valence-corrected chi connectivity index (χ0v) is 52.3. The fourth-order valence-electron chi connectivity index (χ4n) is 10.0. The Morgan fingerprint density at radius 3 is 1.78 bits per heavy atom. The molecule has 0 aliphatic carbocycles. The van der Waals surface area contributed by atoms with Crippen LogP contribution in [0.25, 0.3) is 0 Å². The number of allylic oxidation sites excluding steroid dienone is 1. The quantitative estimate of drug-likeness (QED) is 0.0443. The highest BCUT2D eigenvalue weighted by Crippen LogP contribution is 2.30. The van der Waals surface area contributed by atoms with Crippen molar-refractivity contribution in [3.63, 3.8) is 0 Å². The summed E-state index contributed by atoms with van der Waals surface area (Å²) < 4.78 is 46.5. The van der Waals surface area contributed by atoms with Gasteiger partial charge in [-0.25, -0.2) is 4.79 Å².